The van der Waals surface area contributed by atoms with Crippen LogP contribution in [-0.2, 0) is 16.1 Å². The molecular formula is C18H16ClN3O4S. The molecule has 0 aliphatic heterocycles. The topological polar surface area (TPSA) is 90.3 Å². The summed E-state index contributed by atoms with van der Waals surface area (Å²) in [5, 5.41) is 4.92. The van der Waals surface area contributed by atoms with E-state index < -0.39 is 17.4 Å². The lowest BCUT2D eigenvalue weighted by Crippen LogP contribution is -2.28. The van der Waals surface area contributed by atoms with Gasteiger partial charge in [-0.15, -0.1) is 11.3 Å². The van der Waals surface area contributed by atoms with Crippen molar-refractivity contribution >= 4 is 50.7 Å². The van der Waals surface area contributed by atoms with Gasteiger partial charge in [0.25, 0.3) is 5.56 Å². The van der Waals surface area contributed by atoms with Gasteiger partial charge in [0.05, 0.1) is 23.9 Å². The van der Waals surface area contributed by atoms with E-state index in [1.807, 2.05) is 6.92 Å². The first-order chi connectivity index (χ1) is 12.9. The Morgan fingerprint density at radius 2 is 2.15 bits per heavy atom. The van der Waals surface area contributed by atoms with Crippen LogP contribution in [0.15, 0.2) is 34.7 Å². The van der Waals surface area contributed by atoms with Crippen molar-refractivity contribution in [2.24, 2.45) is 0 Å². The summed E-state index contributed by atoms with van der Waals surface area (Å²) < 4.78 is 6.13. The third-order valence-electron chi connectivity index (χ3n) is 3.84. The fourth-order valence-electron chi connectivity index (χ4n) is 2.51. The van der Waals surface area contributed by atoms with Crippen LogP contribution in [0.3, 0.4) is 0 Å². The number of anilines is 1. The van der Waals surface area contributed by atoms with Gasteiger partial charge in [-0.1, -0.05) is 17.7 Å². The van der Waals surface area contributed by atoms with Crippen molar-refractivity contribution in [3.05, 3.63) is 56.4 Å². The van der Waals surface area contributed by atoms with Crippen LogP contribution in [0.1, 0.15) is 22.8 Å². The average Bonchev–Trinajstić information content (AvgIpc) is 3.06. The number of aryl methyl sites for hydroxylation is 1. The van der Waals surface area contributed by atoms with E-state index in [2.05, 4.69) is 10.3 Å². The monoisotopic (exact) mass is 405 g/mol. The SMILES string of the molecule is CCOC(=O)c1csc2ncn(CC(=O)Nc3cc(Cl)ccc3C)c(=O)c12. The number of benzene rings is 1. The molecule has 0 atom stereocenters. The number of halogens is 1. The highest BCUT2D eigenvalue weighted by Crippen LogP contribution is 2.22. The van der Waals surface area contributed by atoms with Gasteiger partial charge < -0.3 is 10.1 Å². The molecule has 7 nitrogen and oxygen atoms in total. The number of hydrogen-bond donors (Lipinski definition) is 1. The number of amides is 1. The molecule has 3 rings (SSSR count). The number of hydrogen-bond acceptors (Lipinski definition) is 6. The largest absolute Gasteiger partial charge is 0.462 e. The van der Waals surface area contributed by atoms with Gasteiger partial charge in [-0.25, -0.2) is 9.78 Å². The summed E-state index contributed by atoms with van der Waals surface area (Å²) >= 11 is 7.13. The van der Waals surface area contributed by atoms with Crippen molar-refractivity contribution in [1.29, 1.82) is 0 Å². The Hall–Kier alpha value is -2.71. The summed E-state index contributed by atoms with van der Waals surface area (Å²) in [7, 11) is 0. The van der Waals surface area contributed by atoms with Gasteiger partial charge in [0, 0.05) is 16.1 Å². The first-order valence-corrected chi connectivity index (χ1v) is 9.36. The van der Waals surface area contributed by atoms with Gasteiger partial charge in [0.15, 0.2) is 0 Å². The molecule has 1 aromatic carbocycles. The molecule has 0 aliphatic rings. The lowest BCUT2D eigenvalue weighted by atomic mass is 10.2. The van der Waals surface area contributed by atoms with Gasteiger partial charge in [-0.2, -0.15) is 0 Å². The molecule has 0 radical (unpaired) electrons. The molecule has 140 valence electrons. The van der Waals surface area contributed by atoms with E-state index in [-0.39, 0.29) is 24.1 Å². The Morgan fingerprint density at radius 1 is 1.37 bits per heavy atom. The number of fused-ring (bicyclic) bond motifs is 1. The number of nitrogens with one attached hydrogen (secondary N) is 1. The number of carbonyl (C=O) groups excluding carboxylic acids is 2. The van der Waals surface area contributed by atoms with Gasteiger partial charge in [0.1, 0.15) is 11.4 Å². The number of esters is 1. The lowest BCUT2D eigenvalue weighted by molar-refractivity contribution is -0.116. The minimum Gasteiger partial charge on any atom is -0.462 e. The molecule has 0 aliphatic carbocycles. The molecule has 0 fully saturated rings. The second-order valence-corrected chi connectivity index (χ2v) is 7.03. The Morgan fingerprint density at radius 3 is 2.89 bits per heavy atom. The zero-order valence-corrected chi connectivity index (χ0v) is 16.2. The van der Waals surface area contributed by atoms with E-state index in [4.69, 9.17) is 16.3 Å². The third kappa shape index (κ3) is 4.01. The molecule has 0 spiro atoms. The maximum atomic E-state index is 12.7. The van der Waals surface area contributed by atoms with Crippen LogP contribution in [0, 0.1) is 6.92 Å². The zero-order valence-electron chi connectivity index (χ0n) is 14.6. The highest BCUT2D eigenvalue weighted by atomic mass is 35.5. The lowest BCUT2D eigenvalue weighted by Gasteiger charge is -2.10. The van der Waals surface area contributed by atoms with Gasteiger partial charge in [-0.3, -0.25) is 14.2 Å². The normalized spacial score (nSPS) is 10.8. The van der Waals surface area contributed by atoms with Crippen LogP contribution < -0.4 is 10.9 Å². The molecule has 27 heavy (non-hydrogen) atoms. The number of thiophene rings is 1. The molecule has 9 heteroatoms. The highest BCUT2D eigenvalue weighted by molar-refractivity contribution is 7.17. The van der Waals surface area contributed by atoms with E-state index in [0.717, 1.165) is 10.1 Å². The molecule has 1 amide bonds. The van der Waals surface area contributed by atoms with E-state index in [1.54, 1.807) is 25.1 Å². The summed E-state index contributed by atoms with van der Waals surface area (Å²) in [6.45, 7) is 3.48. The van der Waals surface area contributed by atoms with Gasteiger partial charge >= 0.3 is 5.97 Å². The number of aromatic nitrogens is 2. The summed E-state index contributed by atoms with van der Waals surface area (Å²) in [4.78, 5) is 41.7. The second-order valence-electron chi connectivity index (χ2n) is 5.74. The molecule has 0 saturated heterocycles. The minimum atomic E-state index is -0.584. The Kier molecular flexibility index (Phi) is 5.57. The highest BCUT2D eigenvalue weighted by Gasteiger charge is 2.19. The Balaban J connectivity index is 1.88. The van der Waals surface area contributed by atoms with Crippen LogP contribution in [0.5, 0.6) is 0 Å². The van der Waals surface area contributed by atoms with Crippen LogP contribution in [0.4, 0.5) is 5.69 Å². The second kappa shape index (κ2) is 7.89. The molecule has 0 unspecified atom stereocenters. The molecule has 0 saturated carbocycles. The predicted molar refractivity (Wildman–Crippen MR) is 105 cm³/mol. The quantitative estimate of drug-likeness (QED) is 0.658. The number of carbonyl (C=O) groups is 2. The van der Waals surface area contributed by atoms with Crippen molar-refractivity contribution in [1.82, 2.24) is 9.55 Å². The summed E-state index contributed by atoms with van der Waals surface area (Å²) in [5.41, 5.74) is 1.10. The van der Waals surface area contributed by atoms with Crippen molar-refractivity contribution in [3.63, 3.8) is 0 Å². The van der Waals surface area contributed by atoms with Crippen LogP contribution in [0.25, 0.3) is 10.2 Å². The molecule has 2 aromatic heterocycles. The predicted octanol–water partition coefficient (Wildman–Crippen LogP) is 3.24. The van der Waals surface area contributed by atoms with Crippen molar-refractivity contribution in [2.45, 2.75) is 20.4 Å². The van der Waals surface area contributed by atoms with E-state index >= 15 is 0 Å². The third-order valence-corrected chi connectivity index (χ3v) is 4.97. The van der Waals surface area contributed by atoms with Crippen LogP contribution >= 0.6 is 22.9 Å². The first kappa shape index (κ1) is 19.1. The fourth-order valence-corrected chi connectivity index (χ4v) is 3.55. The minimum absolute atomic E-state index is 0.160. The average molecular weight is 406 g/mol. The van der Waals surface area contributed by atoms with Crippen LogP contribution in [-0.4, -0.2) is 28.0 Å². The zero-order chi connectivity index (χ0) is 19.6. The molecule has 3 aromatic rings. The smallest absolute Gasteiger partial charge is 0.339 e. The summed E-state index contributed by atoms with van der Waals surface area (Å²) in [5.74, 6) is -0.990. The van der Waals surface area contributed by atoms with Crippen molar-refractivity contribution < 1.29 is 14.3 Å². The Labute approximate surface area is 163 Å². The maximum Gasteiger partial charge on any atom is 0.339 e. The first-order valence-electron chi connectivity index (χ1n) is 8.10. The molecule has 2 heterocycles. The van der Waals surface area contributed by atoms with Crippen LogP contribution in [0.2, 0.25) is 5.02 Å². The van der Waals surface area contributed by atoms with Gasteiger partial charge in [-0.05, 0) is 31.5 Å². The summed E-state index contributed by atoms with van der Waals surface area (Å²) in [6.07, 6.45) is 1.29. The number of nitrogens with zero attached hydrogens (tertiary/aromatic N) is 2. The molecule has 1 N–H and O–H groups in total. The maximum absolute atomic E-state index is 12.7. The van der Waals surface area contributed by atoms with E-state index in [9.17, 15) is 14.4 Å². The molecule has 0 bridgehead atoms. The number of ether oxygens (including phenoxy) is 1. The number of rotatable bonds is 5. The Bertz CT molecular complexity index is 1090. The standard InChI is InChI=1S/C18H16ClN3O4S/c1-3-26-18(25)12-8-27-16-15(12)17(24)22(9-20-16)7-14(23)21-13-6-11(19)5-4-10(13)2/h4-6,8-9H,3,7H2,1-2H3,(H,21,23). The van der Waals surface area contributed by atoms with Gasteiger partial charge in [0.2, 0.25) is 5.91 Å². The fraction of sp³-hybridized carbons (Fsp3) is 0.222. The van der Waals surface area contributed by atoms with E-state index in [0.29, 0.717) is 15.5 Å². The summed E-state index contributed by atoms with van der Waals surface area (Å²) in [6, 6.07) is 5.15. The van der Waals surface area contributed by atoms with Crippen molar-refractivity contribution in [2.75, 3.05) is 11.9 Å². The van der Waals surface area contributed by atoms with E-state index in [1.165, 1.54) is 23.0 Å². The van der Waals surface area contributed by atoms with Crippen molar-refractivity contribution in [3.8, 4) is 0 Å². The molecular weight excluding hydrogens is 390 g/mol.